The molecule has 9 heteroatoms. The van der Waals surface area contributed by atoms with Crippen molar-refractivity contribution in [1.82, 2.24) is 15.5 Å². The SMILES string of the molecule is CCc1ccc(C(C(=O)NC(C)C)N(C(=O)C(CCC(N)=O)NC(=O)OC(C)(C)C)C2CCC2)cc1. The van der Waals surface area contributed by atoms with Crippen LogP contribution in [0.1, 0.15) is 90.8 Å². The molecule has 0 saturated heterocycles. The third-order valence-corrected chi connectivity index (χ3v) is 6.05. The molecule has 0 radical (unpaired) electrons. The fourth-order valence-corrected chi connectivity index (χ4v) is 4.09. The minimum atomic E-state index is -1.07. The molecule has 9 nitrogen and oxygen atoms in total. The van der Waals surface area contributed by atoms with E-state index in [2.05, 4.69) is 10.6 Å². The van der Waals surface area contributed by atoms with E-state index in [1.807, 2.05) is 45.0 Å². The highest BCUT2D eigenvalue weighted by atomic mass is 16.6. The number of carbonyl (C=O) groups excluding carboxylic acids is 4. The molecular weight excluding hydrogens is 460 g/mol. The quantitative estimate of drug-likeness (QED) is 0.427. The van der Waals surface area contributed by atoms with Crippen LogP contribution in [-0.2, 0) is 25.5 Å². The largest absolute Gasteiger partial charge is 0.444 e. The molecule has 2 atom stereocenters. The van der Waals surface area contributed by atoms with Crippen molar-refractivity contribution in [3.8, 4) is 0 Å². The van der Waals surface area contributed by atoms with Crippen LogP contribution in [-0.4, -0.2) is 52.4 Å². The summed E-state index contributed by atoms with van der Waals surface area (Å²) in [6.45, 7) is 10.9. The van der Waals surface area contributed by atoms with Crippen molar-refractivity contribution in [2.75, 3.05) is 0 Å². The number of alkyl carbamates (subject to hydrolysis) is 1. The lowest BCUT2D eigenvalue weighted by molar-refractivity contribution is -0.147. The molecule has 0 aromatic heterocycles. The summed E-state index contributed by atoms with van der Waals surface area (Å²) in [6.07, 6.45) is 2.42. The summed E-state index contributed by atoms with van der Waals surface area (Å²) in [5, 5.41) is 5.58. The minimum absolute atomic E-state index is 0.00389. The maximum Gasteiger partial charge on any atom is 0.408 e. The molecule has 2 unspecified atom stereocenters. The molecule has 36 heavy (non-hydrogen) atoms. The molecule has 200 valence electrons. The molecule has 2 rings (SSSR count). The molecule has 1 aliphatic carbocycles. The second-order valence-corrected chi connectivity index (χ2v) is 10.7. The number of rotatable bonds is 11. The number of hydrogen-bond acceptors (Lipinski definition) is 5. The number of nitrogens with zero attached hydrogens (tertiary/aromatic N) is 1. The van der Waals surface area contributed by atoms with E-state index in [-0.39, 0.29) is 30.8 Å². The maximum absolute atomic E-state index is 14.0. The number of primary amides is 1. The summed E-state index contributed by atoms with van der Waals surface area (Å²) in [5.74, 6) is -1.31. The van der Waals surface area contributed by atoms with Gasteiger partial charge in [-0.1, -0.05) is 31.2 Å². The molecule has 1 aromatic rings. The van der Waals surface area contributed by atoms with E-state index < -0.39 is 35.6 Å². The lowest BCUT2D eigenvalue weighted by atomic mass is 9.87. The van der Waals surface area contributed by atoms with E-state index in [0.717, 1.165) is 31.2 Å². The van der Waals surface area contributed by atoms with Gasteiger partial charge in [-0.25, -0.2) is 4.79 Å². The van der Waals surface area contributed by atoms with Gasteiger partial charge in [0.15, 0.2) is 0 Å². The van der Waals surface area contributed by atoms with Gasteiger partial charge in [-0.15, -0.1) is 0 Å². The van der Waals surface area contributed by atoms with Crippen molar-refractivity contribution in [2.24, 2.45) is 5.73 Å². The first-order chi connectivity index (χ1) is 16.8. The Kier molecular flexibility index (Phi) is 10.3. The zero-order valence-electron chi connectivity index (χ0n) is 22.4. The van der Waals surface area contributed by atoms with Gasteiger partial charge in [-0.2, -0.15) is 0 Å². The second-order valence-electron chi connectivity index (χ2n) is 10.7. The van der Waals surface area contributed by atoms with E-state index >= 15 is 0 Å². The van der Waals surface area contributed by atoms with Gasteiger partial charge < -0.3 is 26.0 Å². The highest BCUT2D eigenvalue weighted by Gasteiger charge is 2.42. The number of carbonyl (C=O) groups is 4. The zero-order chi connectivity index (χ0) is 27.0. The summed E-state index contributed by atoms with van der Waals surface area (Å²) in [6, 6.07) is 5.42. The van der Waals surface area contributed by atoms with Crippen LogP contribution in [0, 0.1) is 0 Å². The summed E-state index contributed by atoms with van der Waals surface area (Å²) < 4.78 is 5.36. The Morgan fingerprint density at radius 3 is 2.14 bits per heavy atom. The Morgan fingerprint density at radius 1 is 1.08 bits per heavy atom. The molecule has 4 amide bonds. The Hall–Kier alpha value is -3.10. The van der Waals surface area contributed by atoms with E-state index in [1.165, 1.54) is 0 Å². The van der Waals surface area contributed by atoms with Crippen molar-refractivity contribution in [3.63, 3.8) is 0 Å². The monoisotopic (exact) mass is 502 g/mol. The molecule has 0 aliphatic heterocycles. The Balaban J connectivity index is 2.48. The van der Waals surface area contributed by atoms with Crippen LogP contribution in [0.3, 0.4) is 0 Å². The zero-order valence-corrected chi connectivity index (χ0v) is 22.4. The standard InChI is InChI=1S/C27H42N4O5/c1-7-18-11-13-19(14-12-18)23(24(33)29-17(2)3)31(20-9-8-10-20)25(34)21(15-16-22(28)32)30-26(35)36-27(4,5)6/h11-14,17,20-21,23H,7-10,15-16H2,1-6H3,(H2,28,32)(H,29,33)(H,30,35). The fraction of sp³-hybridized carbons (Fsp3) is 0.630. The van der Waals surface area contributed by atoms with Gasteiger partial charge in [0.25, 0.3) is 0 Å². The van der Waals surface area contributed by atoms with Crippen molar-refractivity contribution < 1.29 is 23.9 Å². The van der Waals surface area contributed by atoms with Crippen LogP contribution in [0.2, 0.25) is 0 Å². The molecule has 0 heterocycles. The lowest BCUT2D eigenvalue weighted by Gasteiger charge is -2.43. The van der Waals surface area contributed by atoms with Gasteiger partial charge >= 0.3 is 6.09 Å². The maximum atomic E-state index is 14.0. The van der Waals surface area contributed by atoms with Crippen LogP contribution < -0.4 is 16.4 Å². The average molecular weight is 503 g/mol. The summed E-state index contributed by atoms with van der Waals surface area (Å²) in [5.41, 5.74) is 6.40. The highest BCUT2D eigenvalue weighted by molar-refractivity contribution is 5.93. The number of benzene rings is 1. The lowest BCUT2D eigenvalue weighted by Crippen LogP contribution is -2.58. The smallest absolute Gasteiger partial charge is 0.408 e. The van der Waals surface area contributed by atoms with Gasteiger partial charge in [-0.05, 0) is 77.8 Å². The van der Waals surface area contributed by atoms with E-state index in [4.69, 9.17) is 10.5 Å². The van der Waals surface area contributed by atoms with Gasteiger partial charge in [0, 0.05) is 18.5 Å². The number of hydrogen-bond donors (Lipinski definition) is 3. The van der Waals surface area contributed by atoms with Gasteiger partial charge in [0.1, 0.15) is 17.7 Å². The fourth-order valence-electron chi connectivity index (χ4n) is 4.09. The van der Waals surface area contributed by atoms with Crippen molar-refractivity contribution in [2.45, 2.75) is 110 Å². The third kappa shape index (κ3) is 8.53. The second kappa shape index (κ2) is 12.7. The summed E-state index contributed by atoms with van der Waals surface area (Å²) in [7, 11) is 0. The van der Waals surface area contributed by atoms with Crippen LogP contribution in [0.5, 0.6) is 0 Å². The van der Waals surface area contributed by atoms with Gasteiger partial charge in [0.05, 0.1) is 0 Å². The Labute approximate surface area is 214 Å². The summed E-state index contributed by atoms with van der Waals surface area (Å²) in [4.78, 5) is 53.3. The number of nitrogens with two attached hydrogens (primary N) is 1. The first kappa shape index (κ1) is 29.1. The van der Waals surface area contributed by atoms with E-state index in [1.54, 1.807) is 25.7 Å². The van der Waals surface area contributed by atoms with Gasteiger partial charge in [0.2, 0.25) is 17.7 Å². The van der Waals surface area contributed by atoms with Crippen LogP contribution >= 0.6 is 0 Å². The van der Waals surface area contributed by atoms with E-state index in [0.29, 0.717) is 5.56 Å². The minimum Gasteiger partial charge on any atom is -0.444 e. The Bertz CT molecular complexity index is 919. The van der Waals surface area contributed by atoms with Gasteiger partial charge in [-0.3, -0.25) is 14.4 Å². The molecule has 1 aliphatic rings. The van der Waals surface area contributed by atoms with E-state index in [9.17, 15) is 19.2 Å². The molecule has 1 saturated carbocycles. The average Bonchev–Trinajstić information content (AvgIpc) is 2.73. The van der Waals surface area contributed by atoms with Crippen LogP contribution in [0.15, 0.2) is 24.3 Å². The molecule has 1 fully saturated rings. The summed E-state index contributed by atoms with van der Waals surface area (Å²) >= 11 is 0. The Morgan fingerprint density at radius 2 is 1.69 bits per heavy atom. The predicted octanol–water partition coefficient (Wildman–Crippen LogP) is 3.35. The first-order valence-electron chi connectivity index (χ1n) is 12.8. The van der Waals surface area contributed by atoms with Crippen LogP contribution in [0.25, 0.3) is 0 Å². The number of amides is 4. The highest BCUT2D eigenvalue weighted by Crippen LogP contribution is 2.34. The third-order valence-electron chi connectivity index (χ3n) is 6.05. The molecule has 0 bridgehead atoms. The number of nitrogens with one attached hydrogen (secondary N) is 2. The number of ether oxygens (including phenoxy) is 1. The molecular formula is C27H42N4O5. The van der Waals surface area contributed by atoms with Crippen LogP contribution in [0.4, 0.5) is 4.79 Å². The molecule has 1 aromatic carbocycles. The molecule has 4 N–H and O–H groups in total. The van der Waals surface area contributed by atoms with Crippen molar-refractivity contribution >= 4 is 23.8 Å². The normalized spacial score (nSPS) is 15.4. The molecule has 0 spiro atoms. The van der Waals surface area contributed by atoms with Crippen molar-refractivity contribution in [3.05, 3.63) is 35.4 Å². The van der Waals surface area contributed by atoms with Crippen molar-refractivity contribution in [1.29, 1.82) is 0 Å². The number of aryl methyl sites for hydroxylation is 1. The topological polar surface area (TPSA) is 131 Å². The predicted molar refractivity (Wildman–Crippen MR) is 138 cm³/mol. The first-order valence-corrected chi connectivity index (χ1v) is 12.8.